The molecule has 0 amide bonds. The lowest BCUT2D eigenvalue weighted by molar-refractivity contribution is 0.0600. The first-order valence-corrected chi connectivity index (χ1v) is 8.86. The first kappa shape index (κ1) is 20.2. The number of rotatable bonds is 4. The lowest BCUT2D eigenvalue weighted by Gasteiger charge is -2.06. The zero-order chi connectivity index (χ0) is 21.3. The first-order valence-electron chi connectivity index (χ1n) is 8.86. The van der Waals surface area contributed by atoms with E-state index in [9.17, 15) is 14.7 Å². The van der Waals surface area contributed by atoms with Crippen LogP contribution in [0.3, 0.4) is 0 Å². The first-order chi connectivity index (χ1) is 14.6. The lowest BCUT2D eigenvalue weighted by atomic mass is 10.1. The standard InChI is InChI=1S/C23H17N3O4/c1-30-23(29)18-10-6-16(7-11-18)4-2-3-5-17-8-12-19(13-9-17)24-14-20-21(27)22(28)26-15-25-20/h6-13,15,24,27H,14H2,1H3,(H,25,26,28). The Morgan fingerprint density at radius 3 is 2.27 bits per heavy atom. The number of hydrogen-bond donors (Lipinski definition) is 3. The molecule has 0 radical (unpaired) electrons. The second-order valence-corrected chi connectivity index (χ2v) is 6.03. The van der Waals surface area contributed by atoms with Crippen LogP contribution in [0.15, 0.2) is 59.7 Å². The molecule has 0 unspecified atom stereocenters. The maximum Gasteiger partial charge on any atom is 0.337 e. The van der Waals surface area contributed by atoms with Crippen LogP contribution in [0, 0.1) is 23.7 Å². The molecule has 0 saturated carbocycles. The summed E-state index contributed by atoms with van der Waals surface area (Å²) in [6.07, 6.45) is 1.24. The van der Waals surface area contributed by atoms with Crippen molar-refractivity contribution in [3.63, 3.8) is 0 Å². The number of benzene rings is 2. The van der Waals surface area contributed by atoms with Crippen molar-refractivity contribution in [3.8, 4) is 29.4 Å². The number of nitrogens with one attached hydrogen (secondary N) is 2. The van der Waals surface area contributed by atoms with Gasteiger partial charge in [-0.15, -0.1) is 0 Å². The Bertz CT molecular complexity index is 1220. The van der Waals surface area contributed by atoms with Gasteiger partial charge in [-0.05, 0) is 60.4 Å². The Morgan fingerprint density at radius 2 is 1.67 bits per heavy atom. The third-order valence-corrected chi connectivity index (χ3v) is 4.03. The number of hydrogen-bond acceptors (Lipinski definition) is 6. The molecule has 0 aliphatic rings. The summed E-state index contributed by atoms with van der Waals surface area (Å²) in [4.78, 5) is 29.0. The number of methoxy groups -OCH3 is 1. The molecule has 0 spiro atoms. The minimum absolute atomic E-state index is 0.209. The molecule has 3 rings (SSSR count). The number of carbonyl (C=O) groups is 1. The molecular weight excluding hydrogens is 382 g/mol. The van der Waals surface area contributed by atoms with Gasteiger partial charge in [0, 0.05) is 16.8 Å². The van der Waals surface area contributed by atoms with Gasteiger partial charge in [0.2, 0.25) is 5.75 Å². The van der Waals surface area contributed by atoms with E-state index in [0.717, 1.165) is 16.8 Å². The van der Waals surface area contributed by atoms with Crippen molar-refractivity contribution in [2.24, 2.45) is 0 Å². The van der Waals surface area contributed by atoms with E-state index in [4.69, 9.17) is 0 Å². The smallest absolute Gasteiger partial charge is 0.337 e. The van der Waals surface area contributed by atoms with Gasteiger partial charge < -0.3 is 20.1 Å². The number of nitrogens with zero attached hydrogens (tertiary/aromatic N) is 1. The van der Waals surface area contributed by atoms with E-state index in [-0.39, 0.29) is 12.2 Å². The summed E-state index contributed by atoms with van der Waals surface area (Å²) in [5.74, 6) is 10.6. The molecule has 1 heterocycles. The highest BCUT2D eigenvalue weighted by atomic mass is 16.5. The fourth-order valence-corrected chi connectivity index (χ4v) is 2.43. The monoisotopic (exact) mass is 399 g/mol. The molecule has 0 saturated heterocycles. The minimum Gasteiger partial charge on any atom is -0.502 e. The molecule has 3 N–H and O–H groups in total. The summed E-state index contributed by atoms with van der Waals surface area (Å²) in [5, 5.41) is 12.8. The summed E-state index contributed by atoms with van der Waals surface area (Å²) in [5.41, 5.74) is 2.47. The highest BCUT2D eigenvalue weighted by Crippen LogP contribution is 2.12. The van der Waals surface area contributed by atoms with E-state index >= 15 is 0 Å². The van der Waals surface area contributed by atoms with Crippen molar-refractivity contribution in [1.29, 1.82) is 0 Å². The molecule has 0 atom stereocenters. The van der Waals surface area contributed by atoms with Crippen molar-refractivity contribution in [3.05, 3.63) is 87.6 Å². The molecule has 0 fully saturated rings. The molecule has 2 aromatic carbocycles. The fourth-order valence-electron chi connectivity index (χ4n) is 2.43. The lowest BCUT2D eigenvalue weighted by Crippen LogP contribution is -2.11. The van der Waals surface area contributed by atoms with E-state index in [2.05, 4.69) is 43.7 Å². The van der Waals surface area contributed by atoms with Crippen LogP contribution in [0.2, 0.25) is 0 Å². The third-order valence-electron chi connectivity index (χ3n) is 4.03. The van der Waals surface area contributed by atoms with Gasteiger partial charge in [0.25, 0.3) is 5.56 Å². The van der Waals surface area contributed by atoms with Crippen LogP contribution in [-0.2, 0) is 11.3 Å². The van der Waals surface area contributed by atoms with Gasteiger partial charge in [-0.2, -0.15) is 0 Å². The van der Waals surface area contributed by atoms with E-state index < -0.39 is 17.3 Å². The number of esters is 1. The average molecular weight is 399 g/mol. The van der Waals surface area contributed by atoms with Gasteiger partial charge >= 0.3 is 5.97 Å². The maximum atomic E-state index is 11.4. The van der Waals surface area contributed by atoms with Crippen LogP contribution in [0.1, 0.15) is 27.2 Å². The normalized spacial score (nSPS) is 9.50. The molecule has 0 aliphatic carbocycles. The van der Waals surface area contributed by atoms with Crippen molar-refractivity contribution in [2.45, 2.75) is 6.54 Å². The molecule has 30 heavy (non-hydrogen) atoms. The summed E-state index contributed by atoms with van der Waals surface area (Å²) in [7, 11) is 1.34. The summed E-state index contributed by atoms with van der Waals surface area (Å²) in [6, 6.07) is 14.1. The van der Waals surface area contributed by atoms with E-state index in [0.29, 0.717) is 5.56 Å². The Morgan fingerprint density at radius 1 is 1.07 bits per heavy atom. The second kappa shape index (κ2) is 9.63. The number of H-pyrrole nitrogens is 1. The molecule has 0 bridgehead atoms. The van der Waals surface area contributed by atoms with Gasteiger partial charge in [0.15, 0.2) is 0 Å². The Balaban J connectivity index is 1.58. The van der Waals surface area contributed by atoms with Gasteiger partial charge in [0.1, 0.15) is 5.69 Å². The van der Waals surface area contributed by atoms with Gasteiger partial charge in [-0.3, -0.25) is 4.79 Å². The molecule has 3 aromatic rings. The molecule has 1 aromatic heterocycles. The second-order valence-electron chi connectivity index (χ2n) is 6.03. The van der Waals surface area contributed by atoms with E-state index in [1.54, 1.807) is 24.3 Å². The van der Waals surface area contributed by atoms with Crippen LogP contribution in [0.5, 0.6) is 5.75 Å². The molecular formula is C23H17N3O4. The van der Waals surface area contributed by atoms with Crippen molar-refractivity contribution in [1.82, 2.24) is 9.97 Å². The van der Waals surface area contributed by atoms with Crippen molar-refractivity contribution in [2.75, 3.05) is 12.4 Å². The summed E-state index contributed by atoms with van der Waals surface area (Å²) < 4.78 is 4.65. The fraction of sp³-hybridized carbons (Fsp3) is 0.0870. The van der Waals surface area contributed by atoms with Crippen LogP contribution >= 0.6 is 0 Å². The number of anilines is 1. The van der Waals surface area contributed by atoms with Gasteiger partial charge in [-0.25, -0.2) is 9.78 Å². The van der Waals surface area contributed by atoms with Gasteiger partial charge in [-0.1, -0.05) is 11.8 Å². The van der Waals surface area contributed by atoms with Crippen LogP contribution in [-0.4, -0.2) is 28.2 Å². The number of aromatic nitrogens is 2. The number of aromatic hydroxyl groups is 1. The van der Waals surface area contributed by atoms with Crippen LogP contribution in [0.25, 0.3) is 0 Å². The Labute approximate surface area is 172 Å². The number of aromatic amines is 1. The predicted molar refractivity (Wildman–Crippen MR) is 112 cm³/mol. The largest absolute Gasteiger partial charge is 0.502 e. The van der Waals surface area contributed by atoms with Crippen molar-refractivity contribution < 1.29 is 14.6 Å². The molecule has 148 valence electrons. The minimum atomic E-state index is -0.576. The summed E-state index contributed by atoms with van der Waals surface area (Å²) >= 11 is 0. The molecule has 0 aliphatic heterocycles. The highest BCUT2D eigenvalue weighted by molar-refractivity contribution is 5.89. The van der Waals surface area contributed by atoms with Crippen LogP contribution in [0.4, 0.5) is 5.69 Å². The third kappa shape index (κ3) is 5.28. The number of carbonyl (C=O) groups excluding carboxylic acids is 1. The van der Waals surface area contributed by atoms with E-state index in [1.807, 2.05) is 24.3 Å². The predicted octanol–water partition coefficient (Wildman–Crippen LogP) is 2.28. The van der Waals surface area contributed by atoms with Crippen molar-refractivity contribution >= 4 is 11.7 Å². The topological polar surface area (TPSA) is 104 Å². The van der Waals surface area contributed by atoms with Gasteiger partial charge in [0.05, 0.1) is 25.5 Å². The zero-order valence-electron chi connectivity index (χ0n) is 16.0. The zero-order valence-corrected chi connectivity index (χ0v) is 16.0. The summed E-state index contributed by atoms with van der Waals surface area (Å²) in [6.45, 7) is 0.209. The SMILES string of the molecule is COC(=O)c1ccc(C#CC#Cc2ccc(NCc3nc[nH]c(=O)c3O)cc2)cc1. The quantitative estimate of drug-likeness (QED) is 0.459. The van der Waals surface area contributed by atoms with Crippen LogP contribution < -0.4 is 10.9 Å². The van der Waals surface area contributed by atoms with E-state index in [1.165, 1.54) is 13.4 Å². The average Bonchev–Trinajstić information content (AvgIpc) is 2.78. The Kier molecular flexibility index (Phi) is 6.50. The highest BCUT2D eigenvalue weighted by Gasteiger charge is 2.06. The maximum absolute atomic E-state index is 11.4. The Hall–Kier alpha value is -4.49. The number of ether oxygens (including phenoxy) is 1. The molecule has 7 heteroatoms. The molecule has 7 nitrogen and oxygen atoms in total.